The molecule has 0 aliphatic heterocycles. The fourth-order valence-corrected chi connectivity index (χ4v) is 2.76. The number of benzene rings is 2. The normalized spacial score (nSPS) is 11.8. The number of hydrogen-bond acceptors (Lipinski definition) is 2. The standard InChI is InChI=1S/C15H13NO2S/c1-19(17,18)14-5-2-11(3-6-14)12-4-7-15-13(10-12)8-9-16-15/h2-10,16H,1H3. The molecule has 4 heteroatoms. The highest BCUT2D eigenvalue weighted by molar-refractivity contribution is 7.90. The van der Waals surface area contributed by atoms with Gasteiger partial charge in [0, 0.05) is 18.0 Å². The fraction of sp³-hybridized carbons (Fsp3) is 0.0667. The van der Waals surface area contributed by atoms with E-state index in [9.17, 15) is 8.42 Å². The number of aromatic amines is 1. The monoisotopic (exact) mass is 271 g/mol. The zero-order valence-corrected chi connectivity index (χ0v) is 11.2. The average molecular weight is 271 g/mol. The zero-order valence-electron chi connectivity index (χ0n) is 10.4. The second-order valence-corrected chi connectivity index (χ2v) is 6.59. The first-order chi connectivity index (χ1) is 9.04. The van der Waals surface area contributed by atoms with Gasteiger partial charge in [-0.2, -0.15) is 0 Å². The Morgan fingerprint density at radius 3 is 2.26 bits per heavy atom. The minimum Gasteiger partial charge on any atom is -0.361 e. The van der Waals surface area contributed by atoms with E-state index < -0.39 is 9.84 Å². The number of aromatic nitrogens is 1. The molecule has 3 rings (SSSR count). The van der Waals surface area contributed by atoms with Gasteiger partial charge in [0.1, 0.15) is 0 Å². The summed E-state index contributed by atoms with van der Waals surface area (Å²) in [6, 6.07) is 15.1. The minimum atomic E-state index is -3.13. The molecule has 2 aromatic carbocycles. The first kappa shape index (κ1) is 12.0. The third-order valence-electron chi connectivity index (χ3n) is 3.17. The molecule has 0 bridgehead atoms. The molecule has 0 aliphatic carbocycles. The van der Waals surface area contributed by atoms with Gasteiger partial charge < -0.3 is 4.98 Å². The Labute approximate surface area is 111 Å². The Balaban J connectivity index is 2.06. The minimum absolute atomic E-state index is 0.346. The van der Waals surface area contributed by atoms with Crippen LogP contribution in [0.4, 0.5) is 0 Å². The maximum Gasteiger partial charge on any atom is 0.175 e. The number of rotatable bonds is 2. The smallest absolute Gasteiger partial charge is 0.175 e. The highest BCUT2D eigenvalue weighted by atomic mass is 32.2. The van der Waals surface area contributed by atoms with Gasteiger partial charge >= 0.3 is 0 Å². The van der Waals surface area contributed by atoms with Crippen LogP contribution in [0.2, 0.25) is 0 Å². The van der Waals surface area contributed by atoms with Gasteiger partial charge in [0.15, 0.2) is 9.84 Å². The van der Waals surface area contributed by atoms with E-state index in [4.69, 9.17) is 0 Å². The van der Waals surface area contributed by atoms with Crippen LogP contribution in [0, 0.1) is 0 Å². The summed E-state index contributed by atoms with van der Waals surface area (Å²) in [5.74, 6) is 0. The molecular formula is C15H13NO2S. The molecule has 0 amide bonds. The molecule has 0 saturated heterocycles. The largest absolute Gasteiger partial charge is 0.361 e. The number of sulfone groups is 1. The lowest BCUT2D eigenvalue weighted by Crippen LogP contribution is -1.96. The van der Waals surface area contributed by atoms with E-state index >= 15 is 0 Å². The molecule has 0 saturated carbocycles. The highest BCUT2D eigenvalue weighted by Crippen LogP contribution is 2.25. The van der Waals surface area contributed by atoms with Crippen molar-refractivity contribution in [2.45, 2.75) is 4.90 Å². The van der Waals surface area contributed by atoms with E-state index in [1.54, 1.807) is 12.1 Å². The van der Waals surface area contributed by atoms with Crippen molar-refractivity contribution in [2.75, 3.05) is 6.26 Å². The van der Waals surface area contributed by atoms with Crippen LogP contribution >= 0.6 is 0 Å². The van der Waals surface area contributed by atoms with Crippen molar-refractivity contribution in [3.05, 3.63) is 54.7 Å². The van der Waals surface area contributed by atoms with Crippen LogP contribution in [0.1, 0.15) is 0 Å². The van der Waals surface area contributed by atoms with Crippen LogP contribution in [0.25, 0.3) is 22.0 Å². The van der Waals surface area contributed by atoms with Crippen molar-refractivity contribution in [2.24, 2.45) is 0 Å². The van der Waals surface area contributed by atoms with Crippen LogP contribution in [0.3, 0.4) is 0 Å². The molecule has 1 N–H and O–H groups in total. The van der Waals surface area contributed by atoms with Crippen molar-refractivity contribution in [1.29, 1.82) is 0 Å². The molecule has 0 fully saturated rings. The van der Waals surface area contributed by atoms with E-state index in [1.165, 1.54) is 6.26 Å². The second kappa shape index (κ2) is 4.24. The Bertz CT molecular complexity index is 830. The maximum absolute atomic E-state index is 11.4. The summed E-state index contributed by atoms with van der Waals surface area (Å²) < 4.78 is 22.8. The Morgan fingerprint density at radius 1 is 0.895 bits per heavy atom. The van der Waals surface area contributed by atoms with E-state index in [-0.39, 0.29) is 0 Å². The van der Waals surface area contributed by atoms with Gasteiger partial charge in [0.05, 0.1) is 4.90 Å². The molecule has 1 heterocycles. The van der Waals surface area contributed by atoms with Crippen LogP contribution in [-0.4, -0.2) is 19.7 Å². The van der Waals surface area contributed by atoms with E-state index in [2.05, 4.69) is 11.1 Å². The molecule has 3 nitrogen and oxygen atoms in total. The molecule has 0 unspecified atom stereocenters. The van der Waals surface area contributed by atoms with Gasteiger partial charge in [-0.25, -0.2) is 8.42 Å². The quantitative estimate of drug-likeness (QED) is 0.778. The summed E-state index contributed by atoms with van der Waals surface area (Å²) in [4.78, 5) is 3.49. The molecule has 0 aliphatic rings. The summed E-state index contributed by atoms with van der Waals surface area (Å²) in [5, 5.41) is 1.14. The number of fused-ring (bicyclic) bond motifs is 1. The Morgan fingerprint density at radius 2 is 1.58 bits per heavy atom. The van der Waals surface area contributed by atoms with E-state index in [0.717, 1.165) is 22.0 Å². The zero-order chi connectivity index (χ0) is 13.5. The summed E-state index contributed by atoms with van der Waals surface area (Å²) in [5.41, 5.74) is 3.18. The predicted molar refractivity (Wildman–Crippen MR) is 76.8 cm³/mol. The van der Waals surface area contributed by atoms with Gasteiger partial charge in [-0.3, -0.25) is 0 Å². The first-order valence-corrected chi connectivity index (χ1v) is 7.81. The first-order valence-electron chi connectivity index (χ1n) is 5.92. The van der Waals surface area contributed by atoms with Crippen LogP contribution in [0.5, 0.6) is 0 Å². The predicted octanol–water partition coefficient (Wildman–Crippen LogP) is 3.24. The SMILES string of the molecule is CS(=O)(=O)c1ccc(-c2ccc3[nH]ccc3c2)cc1. The van der Waals surface area contributed by atoms with Crippen molar-refractivity contribution >= 4 is 20.7 Å². The van der Waals surface area contributed by atoms with Gasteiger partial charge in [-0.15, -0.1) is 0 Å². The summed E-state index contributed by atoms with van der Waals surface area (Å²) in [6.07, 6.45) is 3.12. The molecule has 0 atom stereocenters. The van der Waals surface area contributed by atoms with Crippen LogP contribution < -0.4 is 0 Å². The van der Waals surface area contributed by atoms with Crippen molar-refractivity contribution in [1.82, 2.24) is 4.98 Å². The lowest BCUT2D eigenvalue weighted by atomic mass is 10.0. The summed E-state index contributed by atoms with van der Waals surface area (Å²) >= 11 is 0. The molecular weight excluding hydrogens is 258 g/mol. The summed E-state index contributed by atoms with van der Waals surface area (Å²) in [7, 11) is -3.13. The fourth-order valence-electron chi connectivity index (χ4n) is 2.13. The lowest BCUT2D eigenvalue weighted by molar-refractivity contribution is 0.602. The third kappa shape index (κ3) is 2.27. The van der Waals surface area contributed by atoms with Crippen LogP contribution in [0.15, 0.2) is 59.6 Å². The maximum atomic E-state index is 11.4. The number of H-pyrrole nitrogens is 1. The molecule has 19 heavy (non-hydrogen) atoms. The topological polar surface area (TPSA) is 49.9 Å². The Kier molecular flexibility index (Phi) is 2.68. The van der Waals surface area contributed by atoms with Crippen molar-refractivity contribution in [3.63, 3.8) is 0 Å². The molecule has 0 spiro atoms. The average Bonchev–Trinajstić information content (AvgIpc) is 2.85. The number of hydrogen-bond donors (Lipinski definition) is 1. The van der Waals surface area contributed by atoms with Crippen molar-refractivity contribution in [3.8, 4) is 11.1 Å². The second-order valence-electron chi connectivity index (χ2n) is 4.58. The molecule has 96 valence electrons. The highest BCUT2D eigenvalue weighted by Gasteiger charge is 2.07. The van der Waals surface area contributed by atoms with E-state index in [1.807, 2.05) is 36.5 Å². The summed E-state index contributed by atoms with van der Waals surface area (Å²) in [6.45, 7) is 0. The molecule has 3 aromatic rings. The van der Waals surface area contributed by atoms with Gasteiger partial charge in [0.2, 0.25) is 0 Å². The van der Waals surface area contributed by atoms with Gasteiger partial charge in [-0.05, 0) is 46.8 Å². The van der Waals surface area contributed by atoms with Crippen LogP contribution in [-0.2, 0) is 9.84 Å². The Hall–Kier alpha value is -2.07. The third-order valence-corrected chi connectivity index (χ3v) is 4.30. The lowest BCUT2D eigenvalue weighted by Gasteiger charge is -2.04. The van der Waals surface area contributed by atoms with E-state index in [0.29, 0.717) is 4.90 Å². The molecule has 1 aromatic heterocycles. The van der Waals surface area contributed by atoms with Gasteiger partial charge in [0.25, 0.3) is 0 Å². The molecule has 0 radical (unpaired) electrons. The van der Waals surface area contributed by atoms with Gasteiger partial charge in [-0.1, -0.05) is 18.2 Å². The number of nitrogens with one attached hydrogen (secondary N) is 1. The van der Waals surface area contributed by atoms with Crippen molar-refractivity contribution < 1.29 is 8.42 Å².